The van der Waals surface area contributed by atoms with Gasteiger partial charge in [0.25, 0.3) is 0 Å². The van der Waals surface area contributed by atoms with E-state index in [-0.39, 0.29) is 29.3 Å². The fourth-order valence-electron chi connectivity index (χ4n) is 16.2. The summed E-state index contributed by atoms with van der Waals surface area (Å²) < 4.78 is 48.8. The van der Waals surface area contributed by atoms with Crippen molar-refractivity contribution in [1.82, 2.24) is 0 Å². The molecule has 0 spiro atoms. The van der Waals surface area contributed by atoms with Gasteiger partial charge in [-0.15, -0.1) is 0 Å². The van der Waals surface area contributed by atoms with Crippen LogP contribution in [0.25, 0.3) is 0 Å². The molecule has 0 aromatic carbocycles. The zero-order valence-electron chi connectivity index (χ0n) is 44.4. The van der Waals surface area contributed by atoms with Gasteiger partial charge in [0.2, 0.25) is 6.29 Å². The number of rotatable bonds is 10. The van der Waals surface area contributed by atoms with E-state index < -0.39 is 176 Å². The number of ether oxygens (including phenoxy) is 8. The molecule has 13 N–H and O–H groups in total. The van der Waals surface area contributed by atoms with Crippen LogP contribution in [0.15, 0.2) is 11.6 Å². The molecule has 22 heteroatoms. The molecule has 4 heterocycles. The predicted octanol–water partition coefficient (Wildman–Crippen LogP) is -1.40. The maximum atomic E-state index is 14.8. The third kappa shape index (κ3) is 9.21. The van der Waals surface area contributed by atoms with Crippen LogP contribution in [0, 0.1) is 50.2 Å². The molecular weight excluding hydrogens is 989 g/mol. The molecule has 22 nitrogen and oxygen atoms in total. The van der Waals surface area contributed by atoms with Gasteiger partial charge in [-0.1, -0.05) is 60.1 Å². The molecule has 0 aromatic heterocycles. The number of hydrogen-bond acceptors (Lipinski definition) is 22. The van der Waals surface area contributed by atoms with Gasteiger partial charge in [0.05, 0.1) is 43.5 Å². The van der Waals surface area contributed by atoms with Crippen LogP contribution in [-0.2, 0) is 42.7 Å². The highest BCUT2D eigenvalue weighted by Gasteiger charge is 2.71. The van der Waals surface area contributed by atoms with Crippen LogP contribution in [0.1, 0.15) is 113 Å². The Bertz CT molecular complexity index is 2070. The molecule has 9 rings (SSSR count). The van der Waals surface area contributed by atoms with Gasteiger partial charge < -0.3 is 104 Å². The minimum Gasteiger partial charge on any atom is -0.432 e. The first-order chi connectivity index (χ1) is 35.0. The Morgan fingerprint density at radius 3 is 1.79 bits per heavy atom. The Balaban J connectivity index is 0.984. The molecule has 4 saturated heterocycles. The summed E-state index contributed by atoms with van der Waals surface area (Å²) >= 11 is 0. The quantitative estimate of drug-likeness (QED) is 0.0680. The van der Waals surface area contributed by atoms with E-state index >= 15 is 0 Å². The summed E-state index contributed by atoms with van der Waals surface area (Å²) in [6, 6.07) is 0. The van der Waals surface area contributed by atoms with Crippen molar-refractivity contribution in [3.05, 3.63) is 11.6 Å². The average molecular weight is 1080 g/mol. The van der Waals surface area contributed by atoms with Crippen molar-refractivity contribution in [2.75, 3.05) is 19.8 Å². The Hall–Kier alpha value is -1.59. The van der Waals surface area contributed by atoms with Gasteiger partial charge in [0.15, 0.2) is 18.9 Å². The second-order valence-corrected chi connectivity index (χ2v) is 25.8. The summed E-state index contributed by atoms with van der Waals surface area (Å²) in [6.07, 6.45) is -23.5. The summed E-state index contributed by atoms with van der Waals surface area (Å²) in [5.74, 6) is -1.09. The number of aliphatic hydroxyl groups is 13. The zero-order valence-corrected chi connectivity index (χ0v) is 44.4. The lowest BCUT2D eigenvalue weighted by molar-refractivity contribution is -0.388. The highest BCUT2D eigenvalue weighted by molar-refractivity contribution is 5.79. The number of hydrogen-bond donors (Lipinski definition) is 13. The van der Waals surface area contributed by atoms with Gasteiger partial charge in [-0.2, -0.15) is 0 Å². The number of esters is 1. The van der Waals surface area contributed by atoms with Crippen LogP contribution < -0.4 is 0 Å². The summed E-state index contributed by atoms with van der Waals surface area (Å²) in [5, 5.41) is 140. The predicted molar refractivity (Wildman–Crippen MR) is 257 cm³/mol. The maximum Gasteiger partial charge on any atom is 0.315 e. The molecule has 0 aromatic rings. The Labute approximate surface area is 437 Å². The highest BCUT2D eigenvalue weighted by Crippen LogP contribution is 2.76. The molecule has 430 valence electrons. The average Bonchev–Trinajstić information content (AvgIpc) is 3.38. The first-order valence-corrected chi connectivity index (χ1v) is 27.2. The van der Waals surface area contributed by atoms with Gasteiger partial charge in [-0.25, -0.2) is 0 Å². The Kier molecular flexibility index (Phi) is 16.1. The minimum atomic E-state index is -1.84. The van der Waals surface area contributed by atoms with Crippen LogP contribution >= 0.6 is 0 Å². The second-order valence-electron chi connectivity index (χ2n) is 25.8. The van der Waals surface area contributed by atoms with E-state index in [4.69, 9.17) is 37.9 Å². The highest BCUT2D eigenvalue weighted by atomic mass is 16.8. The fourth-order valence-corrected chi connectivity index (χ4v) is 16.2. The van der Waals surface area contributed by atoms with E-state index in [2.05, 4.69) is 40.7 Å². The molecule has 75 heavy (non-hydrogen) atoms. The lowest BCUT2D eigenvalue weighted by Gasteiger charge is -2.71. The van der Waals surface area contributed by atoms with Crippen molar-refractivity contribution in [1.29, 1.82) is 0 Å². The van der Waals surface area contributed by atoms with Crippen molar-refractivity contribution >= 4 is 5.97 Å². The minimum absolute atomic E-state index is 0.0754. The standard InChI is InChI=1S/C53H86O22/c1-22-31(57)34(60)37(63)43(69-22)74-41-40(73-44-38(64)35(61)32(58)25(19-54)70-44)24(56)21-68-46(41)72-29-12-13-50(6)27(49(29,4)5)11-14-52(8)28(50)10-9-23-30-42(66)48(2,3)15-17-53(30,18-16-51(23,52)7)47(67)75-45-39(65)36(62)33(59)26(20-55)71-45/h9,22,24-46,54-66H,10-21H2,1-8H3/t22-,24-,25+,26+,27-,28+,29-,30+,31-,32+,33+,34+,35-,36-,37+,38+,39+,40-,41+,42-,43-,44-,45-,46-,50-,51+,52+,53-/m0/s1. The van der Waals surface area contributed by atoms with E-state index in [0.29, 0.717) is 38.5 Å². The zero-order chi connectivity index (χ0) is 54.9. The van der Waals surface area contributed by atoms with Gasteiger partial charge in [0.1, 0.15) is 85.5 Å². The molecule has 5 aliphatic carbocycles. The Morgan fingerprint density at radius 1 is 0.600 bits per heavy atom. The number of carbonyl (C=O) groups is 1. The van der Waals surface area contributed by atoms with Crippen molar-refractivity contribution in [3.63, 3.8) is 0 Å². The lowest BCUT2D eigenvalue weighted by atomic mass is 9.33. The van der Waals surface area contributed by atoms with Crippen molar-refractivity contribution in [2.45, 2.75) is 242 Å². The smallest absolute Gasteiger partial charge is 0.315 e. The summed E-state index contributed by atoms with van der Waals surface area (Å²) in [5.41, 5.74) is -2.34. The van der Waals surface area contributed by atoms with Crippen LogP contribution in [0.4, 0.5) is 0 Å². The fraction of sp³-hybridized carbons (Fsp3) is 0.943. The normalized spacial score (nSPS) is 54.5. The van der Waals surface area contributed by atoms with Crippen LogP contribution in [-0.4, -0.2) is 221 Å². The van der Waals surface area contributed by atoms with Crippen LogP contribution in [0.2, 0.25) is 0 Å². The largest absolute Gasteiger partial charge is 0.432 e. The summed E-state index contributed by atoms with van der Waals surface area (Å²) in [7, 11) is 0. The molecule has 9 aliphatic rings. The van der Waals surface area contributed by atoms with Gasteiger partial charge in [-0.05, 0) is 104 Å². The number of allylic oxidation sites excluding steroid dienone is 1. The summed E-state index contributed by atoms with van der Waals surface area (Å²) in [4.78, 5) is 14.8. The van der Waals surface area contributed by atoms with Crippen molar-refractivity contribution in [2.24, 2.45) is 50.2 Å². The molecule has 0 amide bonds. The van der Waals surface area contributed by atoms with E-state index in [1.54, 1.807) is 0 Å². The lowest BCUT2D eigenvalue weighted by Crippen LogP contribution is -2.68. The van der Waals surface area contributed by atoms with Gasteiger partial charge >= 0.3 is 5.97 Å². The monoisotopic (exact) mass is 1070 g/mol. The second kappa shape index (κ2) is 20.7. The molecule has 4 saturated carbocycles. The van der Waals surface area contributed by atoms with Gasteiger partial charge in [-0.3, -0.25) is 4.79 Å². The van der Waals surface area contributed by atoms with E-state index in [9.17, 15) is 71.2 Å². The molecule has 0 unspecified atom stereocenters. The van der Waals surface area contributed by atoms with Crippen molar-refractivity contribution < 1.29 is 109 Å². The van der Waals surface area contributed by atoms with E-state index in [0.717, 1.165) is 24.8 Å². The molecule has 4 aliphatic heterocycles. The Morgan fingerprint density at radius 2 is 1.16 bits per heavy atom. The molecule has 8 fully saturated rings. The third-order valence-corrected chi connectivity index (χ3v) is 21.2. The molecular formula is C53H86O22. The third-order valence-electron chi connectivity index (χ3n) is 21.2. The summed E-state index contributed by atoms with van der Waals surface area (Å²) in [6.45, 7) is 15.0. The maximum absolute atomic E-state index is 14.8. The first kappa shape index (κ1) is 58.1. The number of aliphatic hydroxyl groups excluding tert-OH is 13. The topological polar surface area (TPSA) is 354 Å². The van der Waals surface area contributed by atoms with Gasteiger partial charge in [0, 0.05) is 5.92 Å². The van der Waals surface area contributed by atoms with Crippen molar-refractivity contribution in [3.8, 4) is 0 Å². The SMILES string of the molecule is C[C@@H]1O[C@@H](O[C@H]2[C@H](O[C@H]3CC[C@]4(C)[C@H]5CC=C6[C@@H]7[C@H](O)C(C)(C)CC[C@]7(C(=O)O[C@@H]7O[C@H](CO)[C@@H](O)[C@H](O)[C@H]7O)CC[C@@]6(C)[C@]5(C)CC[C@H]4C3(C)C)OC[C@H](O)[C@@H]2O[C@@H]2O[C@H](CO)[C@@H](O)[C@H](O)[C@H]2O)[C@H](O)[C@H](O)[C@H]1O. The van der Waals surface area contributed by atoms with E-state index in [1.165, 1.54) is 6.92 Å². The number of fused-ring (bicyclic) bond motifs is 7. The number of carbonyl (C=O) groups excluding carboxylic acids is 1. The van der Waals surface area contributed by atoms with Crippen LogP contribution in [0.3, 0.4) is 0 Å². The first-order valence-electron chi connectivity index (χ1n) is 27.2. The molecule has 0 radical (unpaired) electrons. The van der Waals surface area contributed by atoms with Crippen LogP contribution in [0.5, 0.6) is 0 Å². The van der Waals surface area contributed by atoms with E-state index in [1.807, 2.05) is 13.8 Å². The molecule has 28 atom stereocenters. The molecule has 0 bridgehead atoms.